The van der Waals surface area contributed by atoms with Gasteiger partial charge in [0.1, 0.15) is 0 Å². The molecule has 3 heteroatoms. The molecule has 0 saturated heterocycles. The molecule has 1 rings (SSSR count). The minimum absolute atomic E-state index is 0.0277. The Morgan fingerprint density at radius 2 is 2.14 bits per heavy atom. The first-order valence-electron chi connectivity index (χ1n) is 4.76. The van der Waals surface area contributed by atoms with Crippen molar-refractivity contribution in [1.29, 1.82) is 0 Å². The minimum Gasteiger partial charge on any atom is -0.395 e. The van der Waals surface area contributed by atoms with Gasteiger partial charge in [0.2, 0.25) is 0 Å². The topological polar surface area (TPSA) is 49.3 Å². The Balaban J connectivity index is 2.78. The Bertz CT molecular complexity index is 310. The molecule has 0 aliphatic rings. The molecular weight excluding hydrogens is 178 g/mol. The lowest BCUT2D eigenvalue weighted by Gasteiger charge is -2.07. The Kier molecular flexibility index (Phi) is 4.13. The molecule has 0 saturated carbocycles. The maximum Gasteiger partial charge on any atom is 0.251 e. The predicted molar refractivity (Wildman–Crippen MR) is 55.2 cm³/mol. The van der Waals surface area contributed by atoms with Crippen molar-refractivity contribution in [3.63, 3.8) is 0 Å². The summed E-state index contributed by atoms with van der Waals surface area (Å²) in [6.07, 6.45) is 0.836. The Hall–Kier alpha value is -1.35. The number of aliphatic hydroxyl groups is 1. The number of nitrogens with one attached hydrogen (secondary N) is 1. The molecule has 0 radical (unpaired) electrons. The van der Waals surface area contributed by atoms with Crippen LogP contribution in [0.3, 0.4) is 0 Å². The van der Waals surface area contributed by atoms with Crippen molar-refractivity contribution in [2.75, 3.05) is 13.2 Å². The molecule has 3 nitrogen and oxygen atoms in total. The molecule has 0 aliphatic heterocycles. The molecule has 0 unspecified atom stereocenters. The smallest absolute Gasteiger partial charge is 0.251 e. The third-order valence-electron chi connectivity index (χ3n) is 2.04. The highest BCUT2D eigenvalue weighted by Crippen LogP contribution is 2.08. The van der Waals surface area contributed by atoms with Gasteiger partial charge >= 0.3 is 0 Å². The van der Waals surface area contributed by atoms with Crippen molar-refractivity contribution in [2.24, 2.45) is 0 Å². The first-order chi connectivity index (χ1) is 6.79. The van der Waals surface area contributed by atoms with Crippen LogP contribution in [0.4, 0.5) is 0 Å². The van der Waals surface area contributed by atoms with E-state index in [2.05, 4.69) is 5.32 Å². The fourth-order valence-corrected chi connectivity index (χ4v) is 1.31. The van der Waals surface area contributed by atoms with Crippen molar-refractivity contribution in [1.82, 2.24) is 5.32 Å². The lowest BCUT2D eigenvalue weighted by atomic mass is 10.0. The molecule has 1 aromatic rings. The monoisotopic (exact) mass is 193 g/mol. The summed E-state index contributed by atoms with van der Waals surface area (Å²) in [6, 6.07) is 7.49. The average molecular weight is 193 g/mol. The molecule has 1 aromatic carbocycles. The number of aliphatic hydroxyl groups excluding tert-OH is 1. The van der Waals surface area contributed by atoms with E-state index in [0.29, 0.717) is 12.1 Å². The van der Waals surface area contributed by atoms with Crippen molar-refractivity contribution < 1.29 is 9.90 Å². The minimum atomic E-state index is -0.114. The highest BCUT2D eigenvalue weighted by atomic mass is 16.3. The molecule has 0 spiro atoms. The van der Waals surface area contributed by atoms with Crippen LogP contribution in [0.25, 0.3) is 0 Å². The molecule has 0 fully saturated rings. The van der Waals surface area contributed by atoms with Crippen LogP contribution < -0.4 is 5.32 Å². The van der Waals surface area contributed by atoms with Gasteiger partial charge in [-0.15, -0.1) is 0 Å². The zero-order valence-electron chi connectivity index (χ0n) is 8.29. The quantitative estimate of drug-likeness (QED) is 0.748. The SMILES string of the molecule is CCc1ccccc1C(=O)NCCO. The lowest BCUT2D eigenvalue weighted by Crippen LogP contribution is -2.27. The van der Waals surface area contributed by atoms with Crippen molar-refractivity contribution in [3.05, 3.63) is 35.4 Å². The van der Waals surface area contributed by atoms with Crippen molar-refractivity contribution in [2.45, 2.75) is 13.3 Å². The van der Waals surface area contributed by atoms with Gasteiger partial charge in [-0.25, -0.2) is 0 Å². The summed E-state index contributed by atoms with van der Waals surface area (Å²) >= 11 is 0. The second-order valence-electron chi connectivity index (χ2n) is 2.99. The van der Waals surface area contributed by atoms with E-state index >= 15 is 0 Å². The van der Waals surface area contributed by atoms with E-state index < -0.39 is 0 Å². The zero-order chi connectivity index (χ0) is 10.4. The number of amides is 1. The standard InChI is InChI=1S/C11H15NO2/c1-2-9-5-3-4-6-10(9)11(14)12-7-8-13/h3-6,13H,2,7-8H2,1H3,(H,12,14). The summed E-state index contributed by atoms with van der Waals surface area (Å²) < 4.78 is 0. The summed E-state index contributed by atoms with van der Waals surface area (Å²) in [4.78, 5) is 11.6. The van der Waals surface area contributed by atoms with Crippen LogP contribution in [0, 0.1) is 0 Å². The third kappa shape index (κ3) is 2.57. The highest BCUT2D eigenvalue weighted by Gasteiger charge is 2.07. The molecule has 0 aromatic heterocycles. The van der Waals surface area contributed by atoms with Crippen LogP contribution in [0.5, 0.6) is 0 Å². The van der Waals surface area contributed by atoms with E-state index in [-0.39, 0.29) is 12.5 Å². The maximum absolute atomic E-state index is 11.6. The van der Waals surface area contributed by atoms with Gasteiger partial charge in [-0.2, -0.15) is 0 Å². The van der Waals surface area contributed by atoms with Crippen molar-refractivity contribution in [3.8, 4) is 0 Å². The lowest BCUT2D eigenvalue weighted by molar-refractivity contribution is 0.0944. The number of hydrogen-bond donors (Lipinski definition) is 2. The van der Waals surface area contributed by atoms with Gasteiger partial charge in [-0.05, 0) is 18.1 Å². The van der Waals surface area contributed by atoms with E-state index in [1.165, 1.54) is 0 Å². The number of aryl methyl sites for hydroxylation is 1. The summed E-state index contributed by atoms with van der Waals surface area (Å²) in [5.74, 6) is -0.114. The van der Waals surface area contributed by atoms with Crippen LogP contribution in [-0.4, -0.2) is 24.2 Å². The fraction of sp³-hybridized carbons (Fsp3) is 0.364. The first kappa shape index (κ1) is 10.7. The molecule has 1 amide bonds. The summed E-state index contributed by atoms with van der Waals surface area (Å²) in [5.41, 5.74) is 1.73. The molecule has 14 heavy (non-hydrogen) atoms. The third-order valence-corrected chi connectivity index (χ3v) is 2.04. The average Bonchev–Trinajstić information content (AvgIpc) is 2.25. The molecule has 76 valence electrons. The van der Waals surface area contributed by atoms with Gasteiger partial charge < -0.3 is 10.4 Å². The summed E-state index contributed by atoms with van der Waals surface area (Å²) in [7, 11) is 0. The normalized spacial score (nSPS) is 9.86. The second-order valence-corrected chi connectivity index (χ2v) is 2.99. The molecular formula is C11H15NO2. The Labute approximate surface area is 83.8 Å². The summed E-state index contributed by atoms with van der Waals surface area (Å²) in [5, 5.41) is 11.2. The van der Waals surface area contributed by atoms with Gasteiger partial charge in [0.15, 0.2) is 0 Å². The van der Waals surface area contributed by atoms with E-state index in [9.17, 15) is 4.79 Å². The molecule has 0 bridgehead atoms. The van der Waals surface area contributed by atoms with E-state index in [0.717, 1.165) is 12.0 Å². The van der Waals surface area contributed by atoms with Gasteiger partial charge in [0.05, 0.1) is 6.61 Å². The molecule has 0 heterocycles. The van der Waals surface area contributed by atoms with Gasteiger partial charge in [0, 0.05) is 12.1 Å². The van der Waals surface area contributed by atoms with Crippen LogP contribution in [-0.2, 0) is 6.42 Å². The number of carbonyl (C=O) groups excluding carboxylic acids is 1. The van der Waals surface area contributed by atoms with E-state index in [1.54, 1.807) is 6.07 Å². The first-order valence-corrected chi connectivity index (χ1v) is 4.76. The molecule has 0 atom stereocenters. The number of benzene rings is 1. The van der Waals surface area contributed by atoms with Crippen LogP contribution in [0.15, 0.2) is 24.3 Å². The largest absolute Gasteiger partial charge is 0.395 e. The number of hydrogen-bond acceptors (Lipinski definition) is 2. The number of carbonyl (C=O) groups is 1. The highest BCUT2D eigenvalue weighted by molar-refractivity contribution is 5.95. The van der Waals surface area contributed by atoms with Crippen molar-refractivity contribution >= 4 is 5.91 Å². The van der Waals surface area contributed by atoms with E-state index in [4.69, 9.17) is 5.11 Å². The second kappa shape index (κ2) is 5.40. The maximum atomic E-state index is 11.6. The Morgan fingerprint density at radius 3 is 2.79 bits per heavy atom. The summed E-state index contributed by atoms with van der Waals surface area (Å²) in [6.45, 7) is 2.29. The molecule has 0 aliphatic carbocycles. The van der Waals surface area contributed by atoms with E-state index in [1.807, 2.05) is 25.1 Å². The fourth-order valence-electron chi connectivity index (χ4n) is 1.31. The predicted octanol–water partition coefficient (Wildman–Crippen LogP) is 0.971. The van der Waals surface area contributed by atoms with Crippen LogP contribution in [0.1, 0.15) is 22.8 Å². The number of rotatable bonds is 4. The van der Waals surface area contributed by atoms with Gasteiger partial charge in [-0.1, -0.05) is 25.1 Å². The molecule has 2 N–H and O–H groups in total. The van der Waals surface area contributed by atoms with Gasteiger partial charge in [-0.3, -0.25) is 4.79 Å². The van der Waals surface area contributed by atoms with Crippen LogP contribution in [0.2, 0.25) is 0 Å². The van der Waals surface area contributed by atoms with Gasteiger partial charge in [0.25, 0.3) is 5.91 Å². The zero-order valence-corrected chi connectivity index (χ0v) is 8.29. The Morgan fingerprint density at radius 1 is 1.43 bits per heavy atom. The van der Waals surface area contributed by atoms with Crippen LogP contribution >= 0.6 is 0 Å².